The van der Waals surface area contributed by atoms with Crippen molar-refractivity contribution >= 4 is 5.97 Å². The van der Waals surface area contributed by atoms with Crippen LogP contribution in [0.3, 0.4) is 0 Å². The molecule has 0 unspecified atom stereocenters. The molecular formula is C32H40N2O3. The fourth-order valence-corrected chi connectivity index (χ4v) is 3.98. The lowest BCUT2D eigenvalue weighted by atomic mass is 10.0. The van der Waals surface area contributed by atoms with Crippen molar-refractivity contribution in [3.63, 3.8) is 0 Å². The van der Waals surface area contributed by atoms with E-state index in [2.05, 4.69) is 30.4 Å². The van der Waals surface area contributed by atoms with Crippen molar-refractivity contribution in [3.8, 4) is 22.9 Å². The van der Waals surface area contributed by atoms with E-state index < -0.39 is 5.97 Å². The van der Waals surface area contributed by atoms with Crippen LogP contribution in [-0.4, -0.2) is 22.5 Å². The van der Waals surface area contributed by atoms with E-state index in [4.69, 9.17) is 9.47 Å². The molecule has 1 heterocycles. The summed E-state index contributed by atoms with van der Waals surface area (Å²) in [6.45, 7) is 9.05. The first kappa shape index (κ1) is 28.1. The standard InChI is InChI=1S/C32H40N2O3/c1-4-6-7-10-13-26-14-16-28(17-15-26)32(35)37-31-24-33-30(23-34-31)27-18-20-29(21-19-27)36-22-11-8-9-12-25(3)5-2/h4,14-21,23-25H,1,5-13,22H2,2-3H3/t25-/m0/s1. The number of aromatic nitrogens is 2. The van der Waals surface area contributed by atoms with Crippen LogP contribution in [0.4, 0.5) is 0 Å². The molecule has 0 aliphatic carbocycles. The Bertz CT molecular complexity index is 1080. The highest BCUT2D eigenvalue weighted by molar-refractivity contribution is 5.90. The molecule has 3 rings (SSSR count). The molecule has 0 bridgehead atoms. The Morgan fingerprint density at radius 1 is 0.946 bits per heavy atom. The number of aryl methyl sites for hydroxylation is 1. The van der Waals surface area contributed by atoms with Gasteiger partial charge in [-0.3, -0.25) is 0 Å². The highest BCUT2D eigenvalue weighted by Crippen LogP contribution is 2.22. The number of esters is 1. The summed E-state index contributed by atoms with van der Waals surface area (Å²) < 4.78 is 11.3. The molecule has 3 aromatic rings. The van der Waals surface area contributed by atoms with Gasteiger partial charge in [-0.1, -0.05) is 57.7 Å². The second kappa shape index (κ2) is 15.6. The van der Waals surface area contributed by atoms with Crippen LogP contribution >= 0.6 is 0 Å². The summed E-state index contributed by atoms with van der Waals surface area (Å²) in [6.07, 6.45) is 15.4. The zero-order valence-electron chi connectivity index (χ0n) is 22.3. The lowest BCUT2D eigenvalue weighted by Gasteiger charge is -2.09. The molecule has 37 heavy (non-hydrogen) atoms. The van der Waals surface area contributed by atoms with E-state index in [0.29, 0.717) is 11.3 Å². The third-order valence-electron chi connectivity index (χ3n) is 6.60. The number of hydrogen-bond acceptors (Lipinski definition) is 5. The third kappa shape index (κ3) is 9.83. The topological polar surface area (TPSA) is 61.3 Å². The molecule has 0 amide bonds. The van der Waals surface area contributed by atoms with Crippen LogP contribution in [0, 0.1) is 5.92 Å². The molecule has 0 saturated carbocycles. The average Bonchev–Trinajstić information content (AvgIpc) is 2.94. The minimum Gasteiger partial charge on any atom is -0.494 e. The van der Waals surface area contributed by atoms with Gasteiger partial charge in [0.25, 0.3) is 0 Å². The van der Waals surface area contributed by atoms with E-state index >= 15 is 0 Å². The molecule has 0 aliphatic rings. The third-order valence-corrected chi connectivity index (χ3v) is 6.60. The summed E-state index contributed by atoms with van der Waals surface area (Å²) in [4.78, 5) is 21.2. The van der Waals surface area contributed by atoms with Gasteiger partial charge in [0.15, 0.2) is 0 Å². The summed E-state index contributed by atoms with van der Waals surface area (Å²) in [7, 11) is 0. The van der Waals surface area contributed by atoms with Gasteiger partial charge in [-0.15, -0.1) is 6.58 Å². The molecule has 0 fully saturated rings. The summed E-state index contributed by atoms with van der Waals surface area (Å²) in [6, 6.07) is 15.4. The number of rotatable bonds is 16. The maximum absolute atomic E-state index is 12.5. The predicted octanol–water partition coefficient (Wildman–Crippen LogP) is 8.25. The first-order chi connectivity index (χ1) is 18.1. The number of ether oxygens (including phenoxy) is 2. The summed E-state index contributed by atoms with van der Waals surface area (Å²) in [5.41, 5.74) is 3.33. The first-order valence-electron chi connectivity index (χ1n) is 13.6. The normalized spacial score (nSPS) is 11.6. The van der Waals surface area contributed by atoms with Crippen molar-refractivity contribution in [3.05, 3.63) is 84.7 Å². The molecule has 5 heteroatoms. The van der Waals surface area contributed by atoms with Crippen LogP contribution < -0.4 is 9.47 Å². The second-order valence-corrected chi connectivity index (χ2v) is 9.60. The van der Waals surface area contributed by atoms with Gasteiger partial charge in [-0.2, -0.15) is 0 Å². The summed E-state index contributed by atoms with van der Waals surface area (Å²) in [5, 5.41) is 0. The Hall–Kier alpha value is -3.47. The Kier molecular flexibility index (Phi) is 11.9. The van der Waals surface area contributed by atoms with Gasteiger partial charge in [0, 0.05) is 5.56 Å². The largest absolute Gasteiger partial charge is 0.494 e. The molecule has 0 saturated heterocycles. The smallest absolute Gasteiger partial charge is 0.344 e. The quantitative estimate of drug-likeness (QED) is 0.113. The van der Waals surface area contributed by atoms with Gasteiger partial charge in [0.2, 0.25) is 5.88 Å². The highest BCUT2D eigenvalue weighted by atomic mass is 16.5. The molecule has 1 aromatic heterocycles. The summed E-state index contributed by atoms with van der Waals surface area (Å²) >= 11 is 0. The zero-order chi connectivity index (χ0) is 26.3. The lowest BCUT2D eigenvalue weighted by Crippen LogP contribution is -2.09. The number of carbonyl (C=O) groups is 1. The monoisotopic (exact) mass is 500 g/mol. The lowest BCUT2D eigenvalue weighted by molar-refractivity contribution is 0.0727. The highest BCUT2D eigenvalue weighted by Gasteiger charge is 2.11. The van der Waals surface area contributed by atoms with Crippen LogP contribution in [-0.2, 0) is 6.42 Å². The van der Waals surface area contributed by atoms with Gasteiger partial charge in [0.1, 0.15) is 5.75 Å². The average molecular weight is 501 g/mol. The fraction of sp³-hybridized carbons (Fsp3) is 0.406. The number of allylic oxidation sites excluding steroid dienone is 1. The molecule has 196 valence electrons. The van der Waals surface area contributed by atoms with E-state index in [9.17, 15) is 4.79 Å². The van der Waals surface area contributed by atoms with Crippen molar-refractivity contribution in [1.82, 2.24) is 9.97 Å². The molecule has 0 spiro atoms. The van der Waals surface area contributed by atoms with E-state index in [1.54, 1.807) is 18.3 Å². The van der Waals surface area contributed by atoms with E-state index in [0.717, 1.165) is 55.9 Å². The zero-order valence-corrected chi connectivity index (χ0v) is 22.3. The van der Waals surface area contributed by atoms with Crippen molar-refractivity contribution in [2.24, 2.45) is 5.92 Å². The van der Waals surface area contributed by atoms with Crippen molar-refractivity contribution in [2.45, 2.75) is 71.6 Å². The molecule has 0 radical (unpaired) electrons. The maximum atomic E-state index is 12.5. The van der Waals surface area contributed by atoms with Crippen molar-refractivity contribution < 1.29 is 14.3 Å². The van der Waals surface area contributed by atoms with Crippen LogP contribution in [0.15, 0.2) is 73.6 Å². The number of carbonyl (C=O) groups excluding carboxylic acids is 1. The molecule has 0 N–H and O–H groups in total. The van der Waals surface area contributed by atoms with Crippen LogP contribution in [0.5, 0.6) is 11.6 Å². The van der Waals surface area contributed by atoms with Crippen LogP contribution in [0.1, 0.15) is 81.1 Å². The van der Waals surface area contributed by atoms with Crippen molar-refractivity contribution in [1.29, 1.82) is 0 Å². The molecule has 1 atom stereocenters. The number of benzene rings is 2. The van der Waals surface area contributed by atoms with Gasteiger partial charge in [-0.25, -0.2) is 14.8 Å². The Balaban J connectivity index is 1.43. The minimum absolute atomic E-state index is 0.176. The molecule has 0 aliphatic heterocycles. The SMILES string of the molecule is C=CCCCCc1ccc(C(=O)Oc2cnc(-c3ccc(OCCCCC[C@@H](C)CC)cc3)cn2)cc1. The van der Waals surface area contributed by atoms with Crippen LogP contribution in [0.2, 0.25) is 0 Å². The number of hydrogen-bond donors (Lipinski definition) is 0. The maximum Gasteiger partial charge on any atom is 0.344 e. The van der Waals surface area contributed by atoms with Crippen molar-refractivity contribution in [2.75, 3.05) is 6.61 Å². The Labute approximate surface area is 222 Å². The van der Waals surface area contributed by atoms with E-state index in [-0.39, 0.29) is 5.88 Å². The minimum atomic E-state index is -0.443. The predicted molar refractivity (Wildman–Crippen MR) is 150 cm³/mol. The van der Waals surface area contributed by atoms with Gasteiger partial charge < -0.3 is 9.47 Å². The van der Waals surface area contributed by atoms with Crippen LogP contribution in [0.25, 0.3) is 11.3 Å². The number of unbranched alkanes of at least 4 members (excludes halogenated alkanes) is 4. The van der Waals surface area contributed by atoms with Gasteiger partial charge >= 0.3 is 5.97 Å². The molecular weight excluding hydrogens is 460 g/mol. The summed E-state index contributed by atoms with van der Waals surface area (Å²) in [5.74, 6) is 1.40. The molecule has 5 nitrogen and oxygen atoms in total. The van der Waals surface area contributed by atoms with Gasteiger partial charge in [0.05, 0.1) is 30.3 Å². The number of nitrogens with zero attached hydrogens (tertiary/aromatic N) is 2. The molecule has 2 aromatic carbocycles. The van der Waals surface area contributed by atoms with E-state index in [1.807, 2.05) is 42.5 Å². The van der Waals surface area contributed by atoms with E-state index in [1.165, 1.54) is 37.4 Å². The second-order valence-electron chi connectivity index (χ2n) is 9.60. The fourth-order valence-electron chi connectivity index (χ4n) is 3.98. The first-order valence-corrected chi connectivity index (χ1v) is 13.6. The Morgan fingerprint density at radius 2 is 1.73 bits per heavy atom. The Morgan fingerprint density at radius 3 is 2.41 bits per heavy atom. The van der Waals surface area contributed by atoms with Gasteiger partial charge in [-0.05, 0) is 80.0 Å².